The average Bonchev–Trinajstić information content (AvgIpc) is 2.71. The molecule has 0 atom stereocenters. The quantitative estimate of drug-likeness (QED) is 0.885. The Morgan fingerprint density at radius 3 is 2.17 bits per heavy atom. The van der Waals surface area contributed by atoms with Gasteiger partial charge in [-0.2, -0.15) is 0 Å². The molecule has 23 heavy (non-hydrogen) atoms. The molecule has 6 nitrogen and oxygen atoms in total. The van der Waals surface area contributed by atoms with Crippen LogP contribution in [-0.2, 0) is 10.0 Å². The van der Waals surface area contributed by atoms with Gasteiger partial charge in [0, 0.05) is 30.0 Å². The Hall–Kier alpha value is -1.34. The lowest BCUT2D eigenvalue weighted by atomic mass is 10.1. The Kier molecular flexibility index (Phi) is 4.92. The van der Waals surface area contributed by atoms with Crippen LogP contribution in [0.2, 0.25) is 0 Å². The van der Waals surface area contributed by atoms with Crippen LogP contribution in [0.5, 0.6) is 0 Å². The molecule has 0 radical (unpaired) electrons. The third-order valence-electron chi connectivity index (χ3n) is 3.88. The zero-order valence-corrected chi connectivity index (χ0v) is 15.4. The van der Waals surface area contributed by atoms with E-state index in [1.807, 2.05) is 0 Å². The van der Waals surface area contributed by atoms with Crippen LogP contribution >= 0.6 is 0 Å². The third kappa shape index (κ3) is 3.95. The number of nitrogens with zero attached hydrogens (tertiary/aromatic N) is 1. The highest BCUT2D eigenvalue weighted by atomic mass is 32.2. The lowest BCUT2D eigenvalue weighted by Crippen LogP contribution is -2.42. The lowest BCUT2D eigenvalue weighted by Gasteiger charge is -2.27. The first-order valence-electron chi connectivity index (χ1n) is 8.05. The van der Waals surface area contributed by atoms with Gasteiger partial charge in [0.1, 0.15) is 4.90 Å². The van der Waals surface area contributed by atoms with Crippen molar-refractivity contribution in [2.75, 3.05) is 13.1 Å². The van der Waals surface area contributed by atoms with Crippen molar-refractivity contribution >= 4 is 15.9 Å². The zero-order valence-electron chi connectivity index (χ0n) is 14.6. The fourth-order valence-corrected chi connectivity index (χ4v) is 4.93. The number of sulfonamides is 1. The molecule has 0 aromatic carbocycles. The Bertz CT molecular complexity index is 693. The topological polar surface area (TPSA) is 82.3 Å². The molecule has 1 aliphatic heterocycles. The van der Waals surface area contributed by atoms with E-state index in [9.17, 15) is 13.2 Å². The summed E-state index contributed by atoms with van der Waals surface area (Å²) in [6.07, 6.45) is 3.05. The van der Waals surface area contributed by atoms with Crippen LogP contribution in [0, 0.1) is 13.8 Å². The van der Waals surface area contributed by atoms with Gasteiger partial charge in [-0.3, -0.25) is 4.79 Å². The Balaban J connectivity index is 2.47. The van der Waals surface area contributed by atoms with Crippen molar-refractivity contribution < 1.29 is 13.2 Å². The van der Waals surface area contributed by atoms with Crippen LogP contribution in [0.25, 0.3) is 0 Å². The summed E-state index contributed by atoms with van der Waals surface area (Å²) < 4.78 is 28.2. The second kappa shape index (κ2) is 6.28. The Labute approximate surface area is 138 Å². The third-order valence-corrected chi connectivity index (χ3v) is 5.81. The highest BCUT2D eigenvalue weighted by Gasteiger charge is 2.33. The summed E-state index contributed by atoms with van der Waals surface area (Å²) in [5, 5.41) is 0. The molecule has 0 bridgehead atoms. The molecule has 2 rings (SSSR count). The smallest absolute Gasteiger partial charge is 0.257 e. The van der Waals surface area contributed by atoms with E-state index in [1.165, 1.54) is 0 Å². The molecule has 0 saturated carbocycles. The van der Waals surface area contributed by atoms with E-state index in [2.05, 4.69) is 9.71 Å². The number of aromatic amines is 1. The Morgan fingerprint density at radius 2 is 1.65 bits per heavy atom. The molecular formula is C16H27N3O3S. The van der Waals surface area contributed by atoms with Crippen LogP contribution in [0.1, 0.15) is 61.8 Å². The molecule has 0 unspecified atom stereocenters. The maximum absolute atomic E-state index is 12.9. The second-order valence-corrected chi connectivity index (χ2v) is 8.91. The van der Waals surface area contributed by atoms with Crippen LogP contribution in [0.3, 0.4) is 0 Å². The number of H-pyrrole nitrogens is 1. The van der Waals surface area contributed by atoms with Gasteiger partial charge in [-0.05, 0) is 53.9 Å². The van der Waals surface area contributed by atoms with Crippen LogP contribution in [-0.4, -0.2) is 42.8 Å². The van der Waals surface area contributed by atoms with Crippen LogP contribution in [0.4, 0.5) is 0 Å². The predicted octanol–water partition coefficient (Wildman–Crippen LogP) is 2.33. The second-order valence-electron chi connectivity index (χ2n) is 7.29. The van der Waals surface area contributed by atoms with Crippen molar-refractivity contribution in [3.63, 3.8) is 0 Å². The standard InChI is InChI=1S/C16H27N3O3S/c1-11-13(15(20)19-9-7-6-8-10-19)14(12(2)17-11)23(21,22)18-16(3,4)5/h17-18H,6-10H2,1-5H3. The van der Waals surface area contributed by atoms with Gasteiger partial charge in [0.2, 0.25) is 10.0 Å². The molecule has 0 aliphatic carbocycles. The summed E-state index contributed by atoms with van der Waals surface area (Å²) in [6, 6.07) is 0. The van der Waals surface area contributed by atoms with Gasteiger partial charge in [0.25, 0.3) is 5.91 Å². The van der Waals surface area contributed by atoms with Gasteiger partial charge in [-0.15, -0.1) is 0 Å². The molecule has 1 aliphatic rings. The lowest BCUT2D eigenvalue weighted by molar-refractivity contribution is 0.0720. The molecular weight excluding hydrogens is 314 g/mol. The van der Waals surface area contributed by atoms with E-state index in [1.54, 1.807) is 39.5 Å². The van der Waals surface area contributed by atoms with E-state index < -0.39 is 15.6 Å². The number of hydrogen-bond acceptors (Lipinski definition) is 3. The van der Waals surface area contributed by atoms with Crippen molar-refractivity contribution in [3.05, 3.63) is 17.0 Å². The van der Waals surface area contributed by atoms with Gasteiger partial charge in [-0.25, -0.2) is 13.1 Å². The summed E-state index contributed by atoms with van der Waals surface area (Å²) in [4.78, 5) is 17.7. The number of aryl methyl sites for hydroxylation is 2. The summed E-state index contributed by atoms with van der Waals surface area (Å²) in [5.41, 5.74) is 0.773. The summed E-state index contributed by atoms with van der Waals surface area (Å²) in [6.45, 7) is 10.2. The fourth-order valence-electron chi connectivity index (χ4n) is 3.06. The summed E-state index contributed by atoms with van der Waals surface area (Å²) >= 11 is 0. The van der Waals surface area contributed by atoms with Gasteiger partial charge >= 0.3 is 0 Å². The van der Waals surface area contributed by atoms with Crippen molar-refractivity contribution in [1.29, 1.82) is 0 Å². The maximum Gasteiger partial charge on any atom is 0.257 e. The number of amides is 1. The van der Waals surface area contributed by atoms with Gasteiger partial charge in [-0.1, -0.05) is 0 Å². The summed E-state index contributed by atoms with van der Waals surface area (Å²) in [5.74, 6) is -0.194. The number of nitrogens with one attached hydrogen (secondary N) is 2. The number of carbonyl (C=O) groups excluding carboxylic acids is 1. The van der Waals surface area contributed by atoms with Crippen molar-refractivity contribution in [2.24, 2.45) is 0 Å². The molecule has 1 amide bonds. The molecule has 1 fully saturated rings. The first kappa shape index (κ1) is 18.0. The number of likely N-dealkylation sites (tertiary alicyclic amines) is 1. The fraction of sp³-hybridized carbons (Fsp3) is 0.688. The van der Waals surface area contributed by atoms with Gasteiger partial charge in [0.15, 0.2) is 0 Å². The van der Waals surface area contributed by atoms with E-state index >= 15 is 0 Å². The molecule has 2 N–H and O–H groups in total. The average molecular weight is 341 g/mol. The number of aromatic nitrogens is 1. The minimum atomic E-state index is -3.77. The van der Waals surface area contributed by atoms with E-state index in [0.29, 0.717) is 24.5 Å². The van der Waals surface area contributed by atoms with Crippen LogP contribution < -0.4 is 4.72 Å². The van der Waals surface area contributed by atoms with E-state index in [-0.39, 0.29) is 16.4 Å². The minimum Gasteiger partial charge on any atom is -0.361 e. The Morgan fingerprint density at radius 1 is 1.09 bits per heavy atom. The SMILES string of the molecule is Cc1[nH]c(C)c(S(=O)(=O)NC(C)(C)C)c1C(=O)N1CCCCC1. The summed E-state index contributed by atoms with van der Waals surface area (Å²) in [7, 11) is -3.77. The van der Waals surface area contributed by atoms with Gasteiger partial charge < -0.3 is 9.88 Å². The maximum atomic E-state index is 12.9. The molecule has 0 spiro atoms. The van der Waals surface area contributed by atoms with Crippen molar-refractivity contribution in [1.82, 2.24) is 14.6 Å². The van der Waals surface area contributed by atoms with Crippen molar-refractivity contribution in [2.45, 2.75) is 64.3 Å². The van der Waals surface area contributed by atoms with Crippen molar-refractivity contribution in [3.8, 4) is 0 Å². The minimum absolute atomic E-state index is 0.0838. The molecule has 2 heterocycles. The first-order valence-corrected chi connectivity index (χ1v) is 9.53. The number of carbonyl (C=O) groups is 1. The number of piperidine rings is 1. The molecule has 7 heteroatoms. The normalized spacial score (nSPS) is 16.7. The van der Waals surface area contributed by atoms with E-state index in [0.717, 1.165) is 19.3 Å². The zero-order chi connectivity index (χ0) is 17.4. The first-order chi connectivity index (χ1) is 10.5. The molecule has 1 aromatic heterocycles. The van der Waals surface area contributed by atoms with Crippen LogP contribution in [0.15, 0.2) is 4.90 Å². The van der Waals surface area contributed by atoms with Gasteiger partial charge in [0.05, 0.1) is 5.56 Å². The molecule has 1 aromatic rings. The van der Waals surface area contributed by atoms with E-state index in [4.69, 9.17) is 0 Å². The largest absolute Gasteiger partial charge is 0.361 e. The molecule has 1 saturated heterocycles. The highest BCUT2D eigenvalue weighted by Crippen LogP contribution is 2.27. The highest BCUT2D eigenvalue weighted by molar-refractivity contribution is 7.89. The number of hydrogen-bond donors (Lipinski definition) is 2. The predicted molar refractivity (Wildman–Crippen MR) is 90.1 cm³/mol. The monoisotopic (exact) mass is 341 g/mol. The number of rotatable bonds is 3. The molecule has 130 valence electrons.